The summed E-state index contributed by atoms with van der Waals surface area (Å²) in [5, 5.41) is 0.836. The van der Waals surface area contributed by atoms with Crippen LogP contribution in [-0.4, -0.2) is 24.0 Å². The Labute approximate surface area is 110 Å². The van der Waals surface area contributed by atoms with E-state index in [0.29, 0.717) is 6.04 Å². The predicted octanol–water partition coefficient (Wildman–Crippen LogP) is 4.00. The molecule has 0 saturated carbocycles. The molecule has 1 aliphatic rings. The molecule has 1 aliphatic heterocycles. The third-order valence-electron chi connectivity index (χ3n) is 3.82. The molecule has 0 spiro atoms. The van der Waals surface area contributed by atoms with Crippen LogP contribution in [0.2, 0.25) is 5.02 Å². The highest BCUT2D eigenvalue weighted by Gasteiger charge is 2.20. The summed E-state index contributed by atoms with van der Waals surface area (Å²) in [6.07, 6.45) is 3.88. The van der Waals surface area contributed by atoms with Crippen molar-refractivity contribution in [2.24, 2.45) is 5.92 Å². The van der Waals surface area contributed by atoms with Gasteiger partial charge in [-0.05, 0) is 69.8 Å². The molecule has 0 unspecified atom stereocenters. The molecule has 1 fully saturated rings. The van der Waals surface area contributed by atoms with Gasteiger partial charge in [0.05, 0.1) is 0 Å². The topological polar surface area (TPSA) is 3.24 Å². The number of benzene rings is 1. The van der Waals surface area contributed by atoms with Crippen LogP contribution in [0.4, 0.5) is 0 Å². The molecule has 0 N–H and O–H groups in total. The van der Waals surface area contributed by atoms with Gasteiger partial charge >= 0.3 is 0 Å². The number of hydrogen-bond acceptors (Lipinski definition) is 1. The van der Waals surface area contributed by atoms with Gasteiger partial charge in [0, 0.05) is 11.1 Å². The molecule has 1 aromatic carbocycles. The molecule has 0 radical (unpaired) electrons. The Balaban J connectivity index is 1.84. The van der Waals surface area contributed by atoms with E-state index in [9.17, 15) is 0 Å². The van der Waals surface area contributed by atoms with Gasteiger partial charge in [-0.1, -0.05) is 23.7 Å². The summed E-state index contributed by atoms with van der Waals surface area (Å²) in [4.78, 5) is 2.58. The van der Waals surface area contributed by atoms with E-state index in [4.69, 9.17) is 11.6 Å². The zero-order chi connectivity index (χ0) is 12.3. The molecule has 2 heteroatoms. The van der Waals surface area contributed by atoms with Crippen LogP contribution in [-0.2, 0) is 6.42 Å². The molecule has 1 heterocycles. The van der Waals surface area contributed by atoms with E-state index in [1.165, 1.54) is 37.9 Å². The largest absolute Gasteiger partial charge is 0.301 e. The normalized spacial score (nSPS) is 18.8. The second kappa shape index (κ2) is 5.88. The Bertz CT molecular complexity index is 336. The number of halogens is 1. The van der Waals surface area contributed by atoms with Crippen molar-refractivity contribution < 1.29 is 0 Å². The molecule has 0 aromatic heterocycles. The highest BCUT2D eigenvalue weighted by atomic mass is 35.5. The van der Waals surface area contributed by atoms with Crippen LogP contribution in [0, 0.1) is 5.92 Å². The van der Waals surface area contributed by atoms with E-state index in [0.717, 1.165) is 10.9 Å². The summed E-state index contributed by atoms with van der Waals surface area (Å²) in [6.45, 7) is 7.10. The number of piperidine rings is 1. The minimum absolute atomic E-state index is 0.700. The zero-order valence-corrected chi connectivity index (χ0v) is 11.6. The van der Waals surface area contributed by atoms with Crippen molar-refractivity contribution in [1.82, 2.24) is 4.90 Å². The van der Waals surface area contributed by atoms with Gasteiger partial charge in [0.25, 0.3) is 0 Å². The maximum absolute atomic E-state index is 5.90. The lowest BCUT2D eigenvalue weighted by Gasteiger charge is -2.34. The number of likely N-dealkylation sites (tertiary alicyclic amines) is 1. The molecule has 1 aromatic rings. The van der Waals surface area contributed by atoms with Gasteiger partial charge in [0.1, 0.15) is 0 Å². The minimum Gasteiger partial charge on any atom is -0.301 e. The van der Waals surface area contributed by atoms with Crippen LogP contribution in [0.1, 0.15) is 32.3 Å². The third kappa shape index (κ3) is 3.72. The van der Waals surface area contributed by atoms with Crippen LogP contribution in [0.5, 0.6) is 0 Å². The lowest BCUT2D eigenvalue weighted by molar-refractivity contribution is 0.149. The highest BCUT2D eigenvalue weighted by molar-refractivity contribution is 6.30. The molecule has 17 heavy (non-hydrogen) atoms. The van der Waals surface area contributed by atoms with Gasteiger partial charge in [-0.3, -0.25) is 0 Å². The van der Waals surface area contributed by atoms with Crippen LogP contribution >= 0.6 is 11.6 Å². The first-order valence-electron chi connectivity index (χ1n) is 6.63. The van der Waals surface area contributed by atoms with Gasteiger partial charge in [-0.2, -0.15) is 0 Å². The second-order valence-electron chi connectivity index (χ2n) is 5.40. The van der Waals surface area contributed by atoms with Gasteiger partial charge in [-0.25, -0.2) is 0 Å². The summed E-state index contributed by atoms with van der Waals surface area (Å²) >= 11 is 5.90. The van der Waals surface area contributed by atoms with Crippen molar-refractivity contribution in [1.29, 1.82) is 0 Å². The maximum Gasteiger partial charge on any atom is 0.0406 e. The van der Waals surface area contributed by atoms with Crippen LogP contribution in [0.25, 0.3) is 0 Å². The van der Waals surface area contributed by atoms with Crippen LogP contribution in [0.3, 0.4) is 0 Å². The number of hydrogen-bond donors (Lipinski definition) is 0. The SMILES string of the molecule is CC(C)N1CCC(Cc2ccc(Cl)cc2)CC1. The van der Waals surface area contributed by atoms with Gasteiger partial charge < -0.3 is 4.90 Å². The molecule has 0 amide bonds. The molecular formula is C15H22ClN. The Hall–Kier alpha value is -0.530. The Kier molecular flexibility index (Phi) is 4.47. The number of nitrogens with zero attached hydrogens (tertiary/aromatic N) is 1. The fourth-order valence-electron chi connectivity index (χ4n) is 2.63. The lowest BCUT2D eigenvalue weighted by Crippen LogP contribution is -2.38. The standard InChI is InChI=1S/C15H22ClN/c1-12(2)17-9-7-14(8-10-17)11-13-3-5-15(16)6-4-13/h3-6,12,14H,7-11H2,1-2H3. The second-order valence-corrected chi connectivity index (χ2v) is 5.84. The van der Waals surface area contributed by atoms with Gasteiger partial charge in [0.15, 0.2) is 0 Å². The maximum atomic E-state index is 5.90. The Morgan fingerprint density at radius 2 is 1.76 bits per heavy atom. The first kappa shape index (κ1) is 12.9. The smallest absolute Gasteiger partial charge is 0.0406 e. The van der Waals surface area contributed by atoms with Crippen molar-refractivity contribution in [3.63, 3.8) is 0 Å². The van der Waals surface area contributed by atoms with Crippen molar-refractivity contribution in [3.8, 4) is 0 Å². The van der Waals surface area contributed by atoms with Crippen LogP contribution in [0.15, 0.2) is 24.3 Å². The summed E-state index contributed by atoms with van der Waals surface area (Å²) in [5.74, 6) is 0.853. The van der Waals surface area contributed by atoms with Crippen molar-refractivity contribution in [3.05, 3.63) is 34.9 Å². The van der Waals surface area contributed by atoms with Gasteiger partial charge in [-0.15, -0.1) is 0 Å². The summed E-state index contributed by atoms with van der Waals surface area (Å²) in [6, 6.07) is 9.03. The molecule has 0 bridgehead atoms. The first-order chi connectivity index (χ1) is 8.15. The molecule has 0 aliphatic carbocycles. The lowest BCUT2D eigenvalue weighted by atomic mass is 9.90. The zero-order valence-electron chi connectivity index (χ0n) is 10.8. The van der Waals surface area contributed by atoms with Crippen molar-refractivity contribution >= 4 is 11.6 Å². The Morgan fingerprint density at radius 3 is 2.29 bits per heavy atom. The van der Waals surface area contributed by atoms with E-state index in [1.807, 2.05) is 12.1 Å². The minimum atomic E-state index is 0.700. The molecule has 2 rings (SSSR count). The molecule has 94 valence electrons. The van der Waals surface area contributed by atoms with Crippen molar-refractivity contribution in [2.45, 2.75) is 39.2 Å². The average molecular weight is 252 g/mol. The molecule has 0 atom stereocenters. The van der Waals surface area contributed by atoms with Crippen LogP contribution < -0.4 is 0 Å². The fourth-order valence-corrected chi connectivity index (χ4v) is 2.75. The van der Waals surface area contributed by atoms with Gasteiger partial charge in [0.2, 0.25) is 0 Å². The number of rotatable bonds is 3. The van der Waals surface area contributed by atoms with E-state index >= 15 is 0 Å². The van der Waals surface area contributed by atoms with Crippen molar-refractivity contribution in [2.75, 3.05) is 13.1 Å². The third-order valence-corrected chi connectivity index (χ3v) is 4.07. The molecular weight excluding hydrogens is 230 g/mol. The predicted molar refractivity (Wildman–Crippen MR) is 74.6 cm³/mol. The summed E-state index contributed by atoms with van der Waals surface area (Å²) in [7, 11) is 0. The Morgan fingerprint density at radius 1 is 1.18 bits per heavy atom. The summed E-state index contributed by atoms with van der Waals surface area (Å²) < 4.78 is 0. The van der Waals surface area contributed by atoms with E-state index in [-0.39, 0.29) is 0 Å². The van der Waals surface area contributed by atoms with E-state index in [2.05, 4.69) is 30.9 Å². The van der Waals surface area contributed by atoms with E-state index in [1.54, 1.807) is 0 Å². The highest BCUT2D eigenvalue weighted by Crippen LogP contribution is 2.23. The fraction of sp³-hybridized carbons (Fsp3) is 0.600. The molecule has 1 nitrogen and oxygen atoms in total. The summed E-state index contributed by atoms with van der Waals surface area (Å²) in [5.41, 5.74) is 1.43. The monoisotopic (exact) mass is 251 g/mol. The molecule has 1 saturated heterocycles. The average Bonchev–Trinajstić information content (AvgIpc) is 2.33. The van der Waals surface area contributed by atoms with E-state index < -0.39 is 0 Å². The quantitative estimate of drug-likeness (QED) is 0.785. The first-order valence-corrected chi connectivity index (χ1v) is 7.01.